The van der Waals surface area contributed by atoms with Gasteiger partial charge in [0.25, 0.3) is 0 Å². The van der Waals surface area contributed by atoms with Gasteiger partial charge in [0.1, 0.15) is 0 Å². The summed E-state index contributed by atoms with van der Waals surface area (Å²) in [6, 6.07) is -0.672. The fraction of sp³-hybridized carbons (Fsp3) is 0.778. The summed E-state index contributed by atoms with van der Waals surface area (Å²) < 4.78 is 0. The molecule has 5 heteroatoms. The van der Waals surface area contributed by atoms with Crippen molar-refractivity contribution in [2.75, 3.05) is 0 Å². The van der Waals surface area contributed by atoms with Gasteiger partial charge < -0.3 is 15.7 Å². The van der Waals surface area contributed by atoms with E-state index in [9.17, 15) is 9.59 Å². The molecule has 0 aliphatic rings. The molecule has 0 saturated heterocycles. The molecule has 82 valence electrons. The highest BCUT2D eigenvalue weighted by Gasteiger charge is 2.20. The van der Waals surface area contributed by atoms with Crippen LogP contribution in [0.25, 0.3) is 0 Å². The summed E-state index contributed by atoms with van der Waals surface area (Å²) in [5.41, 5.74) is 0. The average Bonchev–Trinajstić information content (AvgIpc) is 2.00. The van der Waals surface area contributed by atoms with Crippen molar-refractivity contribution in [3.05, 3.63) is 0 Å². The Balaban J connectivity index is 3.99. The number of hydrogen-bond acceptors (Lipinski definition) is 2. The van der Waals surface area contributed by atoms with Crippen LogP contribution >= 0.6 is 0 Å². The average molecular weight is 202 g/mol. The summed E-state index contributed by atoms with van der Waals surface area (Å²) in [6.07, 6.45) is 0. The predicted octanol–water partition coefficient (Wildman–Crippen LogP) is 0.803. The quantitative estimate of drug-likeness (QED) is 0.631. The number of carboxylic acid groups (broad SMARTS) is 1. The van der Waals surface area contributed by atoms with Crippen LogP contribution in [-0.4, -0.2) is 29.2 Å². The summed E-state index contributed by atoms with van der Waals surface area (Å²) in [5.74, 6) is -1.50. The first kappa shape index (κ1) is 12.7. The van der Waals surface area contributed by atoms with Crippen molar-refractivity contribution in [1.82, 2.24) is 10.6 Å². The Morgan fingerprint density at radius 3 is 1.93 bits per heavy atom. The van der Waals surface area contributed by atoms with E-state index in [2.05, 4.69) is 10.6 Å². The molecule has 3 N–H and O–H groups in total. The molecule has 0 aliphatic heterocycles. The van der Waals surface area contributed by atoms with E-state index in [4.69, 9.17) is 5.11 Å². The van der Waals surface area contributed by atoms with Crippen LogP contribution in [0.2, 0.25) is 0 Å². The molecule has 0 aromatic heterocycles. The van der Waals surface area contributed by atoms with Crippen molar-refractivity contribution in [1.29, 1.82) is 0 Å². The Morgan fingerprint density at radius 2 is 1.57 bits per heavy atom. The van der Waals surface area contributed by atoms with Crippen molar-refractivity contribution in [2.45, 2.75) is 39.8 Å². The molecular formula is C9H18N2O3. The molecule has 0 aliphatic carbocycles. The van der Waals surface area contributed by atoms with Crippen LogP contribution in [0.3, 0.4) is 0 Å². The number of urea groups is 1. The number of carboxylic acids is 1. The monoisotopic (exact) mass is 202 g/mol. The molecule has 2 unspecified atom stereocenters. The molecule has 2 amide bonds. The molecule has 0 aromatic carbocycles. The minimum absolute atomic E-state index is 0.0438. The minimum Gasteiger partial charge on any atom is -0.481 e. The maximum atomic E-state index is 11.2. The maximum absolute atomic E-state index is 11.2. The van der Waals surface area contributed by atoms with Crippen LogP contribution in [0.5, 0.6) is 0 Å². The number of carbonyl (C=O) groups excluding carboxylic acids is 1. The molecule has 5 nitrogen and oxygen atoms in total. The SMILES string of the molecule is CC(C)NC(=O)NC(C)C(C)C(=O)O. The number of amides is 2. The summed E-state index contributed by atoms with van der Waals surface area (Å²) in [4.78, 5) is 21.7. The highest BCUT2D eigenvalue weighted by Crippen LogP contribution is 2.01. The van der Waals surface area contributed by atoms with Crippen molar-refractivity contribution in [3.63, 3.8) is 0 Å². The van der Waals surface area contributed by atoms with E-state index in [1.54, 1.807) is 13.8 Å². The first-order valence-corrected chi connectivity index (χ1v) is 4.64. The Labute approximate surface area is 83.9 Å². The van der Waals surface area contributed by atoms with Gasteiger partial charge in [0.2, 0.25) is 0 Å². The zero-order valence-electron chi connectivity index (χ0n) is 9.00. The topological polar surface area (TPSA) is 78.4 Å². The number of aliphatic carboxylic acids is 1. The Hall–Kier alpha value is -1.26. The van der Waals surface area contributed by atoms with Gasteiger partial charge in [-0.05, 0) is 27.7 Å². The molecule has 0 rings (SSSR count). The van der Waals surface area contributed by atoms with Crippen molar-refractivity contribution < 1.29 is 14.7 Å². The van der Waals surface area contributed by atoms with Gasteiger partial charge in [0, 0.05) is 12.1 Å². The second-order valence-electron chi connectivity index (χ2n) is 3.69. The van der Waals surface area contributed by atoms with Crippen LogP contribution < -0.4 is 10.6 Å². The summed E-state index contributed by atoms with van der Waals surface area (Å²) >= 11 is 0. The molecule has 0 heterocycles. The lowest BCUT2D eigenvalue weighted by Gasteiger charge is -2.19. The first-order valence-electron chi connectivity index (χ1n) is 4.64. The van der Waals surface area contributed by atoms with Crippen LogP contribution in [0.1, 0.15) is 27.7 Å². The highest BCUT2D eigenvalue weighted by molar-refractivity contribution is 5.76. The van der Waals surface area contributed by atoms with Crippen LogP contribution in [-0.2, 0) is 4.79 Å². The second-order valence-corrected chi connectivity index (χ2v) is 3.69. The van der Waals surface area contributed by atoms with Gasteiger partial charge in [-0.15, -0.1) is 0 Å². The van der Waals surface area contributed by atoms with E-state index in [0.29, 0.717) is 0 Å². The summed E-state index contributed by atoms with van der Waals surface area (Å²) in [5, 5.41) is 13.9. The standard InChI is InChI=1S/C9H18N2O3/c1-5(2)10-9(14)11-7(4)6(3)8(12)13/h5-7H,1-4H3,(H,12,13)(H2,10,11,14). The second kappa shape index (κ2) is 5.47. The zero-order chi connectivity index (χ0) is 11.3. The van der Waals surface area contributed by atoms with Crippen molar-refractivity contribution >= 4 is 12.0 Å². The molecule has 0 spiro atoms. The molecule has 14 heavy (non-hydrogen) atoms. The van der Waals surface area contributed by atoms with Gasteiger partial charge in [-0.3, -0.25) is 4.79 Å². The molecule has 0 aromatic rings. The lowest BCUT2D eigenvalue weighted by Crippen LogP contribution is -2.47. The normalized spacial score (nSPS) is 14.6. The fourth-order valence-electron chi connectivity index (χ4n) is 0.850. The van der Waals surface area contributed by atoms with Gasteiger partial charge >= 0.3 is 12.0 Å². The summed E-state index contributed by atoms with van der Waals surface area (Å²) in [6.45, 7) is 6.90. The van der Waals surface area contributed by atoms with Gasteiger partial charge in [-0.2, -0.15) is 0 Å². The third-order valence-corrected chi connectivity index (χ3v) is 1.92. The van der Waals surface area contributed by atoms with Gasteiger partial charge in [0.15, 0.2) is 0 Å². The zero-order valence-corrected chi connectivity index (χ0v) is 9.00. The Kier molecular flexibility index (Phi) is 4.97. The predicted molar refractivity (Wildman–Crippen MR) is 53.1 cm³/mol. The summed E-state index contributed by atoms with van der Waals surface area (Å²) in [7, 11) is 0. The molecule has 0 radical (unpaired) electrons. The van der Waals surface area contributed by atoms with E-state index in [-0.39, 0.29) is 18.1 Å². The number of carbonyl (C=O) groups is 2. The fourth-order valence-corrected chi connectivity index (χ4v) is 0.850. The third-order valence-electron chi connectivity index (χ3n) is 1.92. The van der Waals surface area contributed by atoms with E-state index in [1.165, 1.54) is 0 Å². The van der Waals surface area contributed by atoms with Crippen LogP contribution in [0.4, 0.5) is 4.79 Å². The van der Waals surface area contributed by atoms with Crippen LogP contribution in [0, 0.1) is 5.92 Å². The maximum Gasteiger partial charge on any atom is 0.315 e. The number of hydrogen-bond donors (Lipinski definition) is 3. The lowest BCUT2D eigenvalue weighted by molar-refractivity contribution is -0.141. The molecule has 0 saturated carbocycles. The van der Waals surface area contributed by atoms with E-state index >= 15 is 0 Å². The van der Waals surface area contributed by atoms with Gasteiger partial charge in [-0.25, -0.2) is 4.79 Å². The third kappa shape index (κ3) is 4.69. The molecule has 0 fully saturated rings. The number of nitrogens with one attached hydrogen (secondary N) is 2. The smallest absolute Gasteiger partial charge is 0.315 e. The van der Waals surface area contributed by atoms with Crippen molar-refractivity contribution in [3.8, 4) is 0 Å². The van der Waals surface area contributed by atoms with Gasteiger partial charge in [0.05, 0.1) is 5.92 Å². The minimum atomic E-state index is -0.914. The first-order chi connectivity index (χ1) is 6.34. The van der Waals surface area contributed by atoms with E-state index < -0.39 is 11.9 Å². The highest BCUT2D eigenvalue weighted by atomic mass is 16.4. The molecule has 2 atom stereocenters. The van der Waals surface area contributed by atoms with E-state index in [0.717, 1.165) is 0 Å². The molecule has 0 bridgehead atoms. The van der Waals surface area contributed by atoms with E-state index in [1.807, 2.05) is 13.8 Å². The lowest BCUT2D eigenvalue weighted by atomic mass is 10.0. The number of rotatable bonds is 4. The van der Waals surface area contributed by atoms with Crippen molar-refractivity contribution in [2.24, 2.45) is 5.92 Å². The molecular weight excluding hydrogens is 184 g/mol. The van der Waals surface area contributed by atoms with Crippen LogP contribution in [0.15, 0.2) is 0 Å². The Bertz CT molecular complexity index is 216. The Morgan fingerprint density at radius 1 is 1.07 bits per heavy atom. The largest absolute Gasteiger partial charge is 0.481 e. The van der Waals surface area contributed by atoms with Gasteiger partial charge in [-0.1, -0.05) is 0 Å².